The molecule has 0 aliphatic carbocycles. The number of halogens is 1. The van der Waals surface area contributed by atoms with Gasteiger partial charge in [-0.05, 0) is 55.0 Å². The lowest BCUT2D eigenvalue weighted by molar-refractivity contribution is 0.102. The molecule has 0 unspecified atom stereocenters. The Hall–Kier alpha value is -3.25. The topological polar surface area (TPSA) is 72.5 Å². The van der Waals surface area contributed by atoms with Crippen LogP contribution in [0.5, 0.6) is 11.5 Å². The summed E-state index contributed by atoms with van der Waals surface area (Å²) in [5.41, 5.74) is 2.77. The Morgan fingerprint density at radius 1 is 0.964 bits per heavy atom. The van der Waals surface area contributed by atoms with Gasteiger partial charge in [0.25, 0.3) is 5.91 Å². The third-order valence-corrected chi connectivity index (χ3v) is 4.28. The van der Waals surface area contributed by atoms with E-state index in [4.69, 9.17) is 21.1 Å². The number of pyridine rings is 1. The van der Waals surface area contributed by atoms with Crippen molar-refractivity contribution in [3.63, 3.8) is 0 Å². The molecule has 3 rings (SSSR count). The van der Waals surface area contributed by atoms with Crippen LogP contribution in [0.4, 0.5) is 17.2 Å². The van der Waals surface area contributed by atoms with E-state index in [1.54, 1.807) is 43.6 Å². The number of aromatic nitrogens is 1. The molecule has 1 aromatic heterocycles. The molecule has 0 fully saturated rings. The van der Waals surface area contributed by atoms with Crippen molar-refractivity contribution in [2.45, 2.75) is 6.92 Å². The average Bonchev–Trinajstić information content (AvgIpc) is 2.68. The standard InChI is InChI=1S/C21H20ClN3O3/c1-13-4-6-18(27-2)16(10-13)24-20-11-14(8-9-23-20)21(26)25-17-12-15(22)5-7-19(17)28-3/h4-12H,1-3H3,(H,23,24)(H,25,26). The fourth-order valence-corrected chi connectivity index (χ4v) is 2.84. The van der Waals surface area contributed by atoms with Crippen molar-refractivity contribution in [2.24, 2.45) is 0 Å². The first-order valence-electron chi connectivity index (χ1n) is 8.53. The van der Waals surface area contributed by atoms with Crippen LogP contribution in [0.25, 0.3) is 0 Å². The molecule has 0 saturated heterocycles. The van der Waals surface area contributed by atoms with Crippen molar-refractivity contribution in [2.75, 3.05) is 24.9 Å². The number of rotatable bonds is 6. The number of carbonyl (C=O) groups is 1. The Morgan fingerprint density at radius 2 is 1.68 bits per heavy atom. The largest absolute Gasteiger partial charge is 0.495 e. The summed E-state index contributed by atoms with van der Waals surface area (Å²) in [6.07, 6.45) is 1.56. The van der Waals surface area contributed by atoms with Crippen molar-refractivity contribution in [3.05, 3.63) is 70.9 Å². The van der Waals surface area contributed by atoms with E-state index in [0.29, 0.717) is 33.6 Å². The second kappa shape index (κ2) is 8.63. The summed E-state index contributed by atoms with van der Waals surface area (Å²) >= 11 is 6.02. The van der Waals surface area contributed by atoms with Gasteiger partial charge in [0.2, 0.25) is 0 Å². The first-order chi connectivity index (χ1) is 13.5. The molecule has 0 atom stereocenters. The monoisotopic (exact) mass is 397 g/mol. The Labute approximate surface area is 168 Å². The van der Waals surface area contributed by atoms with Gasteiger partial charge in [0, 0.05) is 16.8 Å². The van der Waals surface area contributed by atoms with E-state index in [-0.39, 0.29) is 5.91 Å². The first-order valence-corrected chi connectivity index (χ1v) is 8.90. The van der Waals surface area contributed by atoms with E-state index in [0.717, 1.165) is 11.3 Å². The third-order valence-electron chi connectivity index (χ3n) is 4.05. The highest BCUT2D eigenvalue weighted by Crippen LogP contribution is 2.29. The quantitative estimate of drug-likeness (QED) is 0.608. The summed E-state index contributed by atoms with van der Waals surface area (Å²) in [5, 5.41) is 6.51. The number of ether oxygens (including phenoxy) is 2. The fraction of sp³-hybridized carbons (Fsp3) is 0.143. The summed E-state index contributed by atoms with van der Waals surface area (Å²) < 4.78 is 10.6. The van der Waals surface area contributed by atoms with Crippen LogP contribution in [0.15, 0.2) is 54.7 Å². The summed E-state index contributed by atoms with van der Waals surface area (Å²) in [6.45, 7) is 1.99. The van der Waals surface area contributed by atoms with Crippen LogP contribution in [-0.2, 0) is 0 Å². The maximum absolute atomic E-state index is 12.7. The predicted molar refractivity (Wildman–Crippen MR) is 111 cm³/mol. The lowest BCUT2D eigenvalue weighted by Crippen LogP contribution is -2.13. The van der Waals surface area contributed by atoms with Crippen molar-refractivity contribution in [3.8, 4) is 11.5 Å². The van der Waals surface area contributed by atoms with Gasteiger partial charge in [-0.25, -0.2) is 4.98 Å². The van der Waals surface area contributed by atoms with Gasteiger partial charge >= 0.3 is 0 Å². The number of aryl methyl sites for hydroxylation is 1. The molecule has 2 N–H and O–H groups in total. The second-order valence-corrected chi connectivity index (χ2v) is 6.49. The Kier molecular flexibility index (Phi) is 6.01. The van der Waals surface area contributed by atoms with Crippen molar-refractivity contribution in [1.29, 1.82) is 0 Å². The van der Waals surface area contributed by atoms with Gasteiger partial charge in [-0.15, -0.1) is 0 Å². The second-order valence-electron chi connectivity index (χ2n) is 6.06. The minimum absolute atomic E-state index is 0.303. The number of benzene rings is 2. The summed E-state index contributed by atoms with van der Waals surface area (Å²) in [4.78, 5) is 17.0. The van der Waals surface area contributed by atoms with Gasteiger partial charge in [0.15, 0.2) is 0 Å². The number of anilines is 3. The van der Waals surface area contributed by atoms with Crippen LogP contribution in [-0.4, -0.2) is 25.1 Å². The molecule has 0 saturated carbocycles. The molecule has 28 heavy (non-hydrogen) atoms. The molecule has 1 amide bonds. The molecule has 0 radical (unpaired) electrons. The highest BCUT2D eigenvalue weighted by molar-refractivity contribution is 6.31. The van der Waals surface area contributed by atoms with E-state index in [1.807, 2.05) is 25.1 Å². The molecule has 6 nitrogen and oxygen atoms in total. The Bertz CT molecular complexity index is 1010. The van der Waals surface area contributed by atoms with E-state index < -0.39 is 0 Å². The van der Waals surface area contributed by atoms with E-state index in [9.17, 15) is 4.79 Å². The number of methoxy groups -OCH3 is 2. The lowest BCUT2D eigenvalue weighted by Gasteiger charge is -2.13. The van der Waals surface area contributed by atoms with Gasteiger partial charge in [-0.2, -0.15) is 0 Å². The molecule has 1 heterocycles. The average molecular weight is 398 g/mol. The molecule has 0 aliphatic rings. The molecule has 144 valence electrons. The number of carbonyl (C=O) groups excluding carboxylic acids is 1. The van der Waals surface area contributed by atoms with Crippen molar-refractivity contribution >= 4 is 34.7 Å². The minimum atomic E-state index is -0.303. The summed E-state index contributed by atoms with van der Waals surface area (Å²) in [5.74, 6) is 1.43. The van der Waals surface area contributed by atoms with Crippen LogP contribution in [0.3, 0.4) is 0 Å². The van der Waals surface area contributed by atoms with Crippen molar-refractivity contribution < 1.29 is 14.3 Å². The van der Waals surface area contributed by atoms with E-state index >= 15 is 0 Å². The molecule has 3 aromatic rings. The molecule has 0 aliphatic heterocycles. The molecule has 7 heteroatoms. The van der Waals surface area contributed by atoms with Gasteiger partial charge in [-0.3, -0.25) is 4.79 Å². The van der Waals surface area contributed by atoms with Gasteiger partial charge in [0.05, 0.1) is 25.6 Å². The predicted octanol–water partition coefficient (Wildman–Crippen LogP) is 5.06. The Balaban J connectivity index is 1.83. The number of nitrogens with one attached hydrogen (secondary N) is 2. The van der Waals surface area contributed by atoms with Crippen LogP contribution in [0.2, 0.25) is 5.02 Å². The smallest absolute Gasteiger partial charge is 0.255 e. The van der Waals surface area contributed by atoms with Crippen LogP contribution < -0.4 is 20.1 Å². The van der Waals surface area contributed by atoms with Gasteiger partial charge in [0.1, 0.15) is 17.3 Å². The maximum atomic E-state index is 12.7. The fourth-order valence-electron chi connectivity index (χ4n) is 2.67. The number of hydrogen-bond donors (Lipinski definition) is 2. The molecule has 0 bridgehead atoms. The third kappa shape index (κ3) is 4.53. The van der Waals surface area contributed by atoms with Crippen LogP contribution in [0, 0.1) is 6.92 Å². The zero-order valence-electron chi connectivity index (χ0n) is 15.7. The molecule has 0 spiro atoms. The highest BCUT2D eigenvalue weighted by Gasteiger charge is 2.12. The summed E-state index contributed by atoms with van der Waals surface area (Å²) in [7, 11) is 3.13. The maximum Gasteiger partial charge on any atom is 0.255 e. The number of amides is 1. The van der Waals surface area contributed by atoms with Gasteiger partial charge < -0.3 is 20.1 Å². The molecular formula is C21H20ClN3O3. The highest BCUT2D eigenvalue weighted by atomic mass is 35.5. The molecular weight excluding hydrogens is 378 g/mol. The normalized spacial score (nSPS) is 10.3. The lowest BCUT2D eigenvalue weighted by atomic mass is 10.2. The zero-order valence-corrected chi connectivity index (χ0v) is 16.5. The number of nitrogens with zero attached hydrogens (tertiary/aromatic N) is 1. The number of hydrogen-bond acceptors (Lipinski definition) is 5. The van der Waals surface area contributed by atoms with Crippen molar-refractivity contribution in [1.82, 2.24) is 4.98 Å². The molecule has 2 aromatic carbocycles. The van der Waals surface area contributed by atoms with Gasteiger partial charge in [-0.1, -0.05) is 17.7 Å². The van der Waals surface area contributed by atoms with E-state index in [2.05, 4.69) is 15.6 Å². The SMILES string of the molecule is COc1ccc(Cl)cc1NC(=O)c1ccnc(Nc2cc(C)ccc2OC)c1. The minimum Gasteiger partial charge on any atom is -0.495 e. The van der Waals surface area contributed by atoms with E-state index in [1.165, 1.54) is 7.11 Å². The Morgan fingerprint density at radius 3 is 2.43 bits per heavy atom. The first kappa shape index (κ1) is 19.5. The summed E-state index contributed by atoms with van der Waals surface area (Å²) in [6, 6.07) is 14.1. The zero-order chi connectivity index (χ0) is 20.1. The van der Waals surface area contributed by atoms with Crippen LogP contribution >= 0.6 is 11.6 Å². The van der Waals surface area contributed by atoms with Crippen LogP contribution in [0.1, 0.15) is 15.9 Å².